The number of rotatable bonds is 11. The predicted molar refractivity (Wildman–Crippen MR) is 175 cm³/mol. The van der Waals surface area contributed by atoms with E-state index in [4.69, 9.17) is 14.5 Å². The number of hydrogen-bond donors (Lipinski definition) is 2. The van der Waals surface area contributed by atoms with E-state index in [-0.39, 0.29) is 16.7 Å². The van der Waals surface area contributed by atoms with Gasteiger partial charge in [0.1, 0.15) is 11.3 Å². The SMILES string of the molecule is CC(=O)NCCN(C)Cc1cc(Cn2c(C)nc3c(C)cc(C)nc32)ccc1-c1ccccc1S(=O)(=O)Nc1onc(C)c1C. The van der Waals surface area contributed by atoms with Crippen molar-refractivity contribution in [3.63, 3.8) is 0 Å². The molecule has 11 nitrogen and oxygen atoms in total. The van der Waals surface area contributed by atoms with Crippen LogP contribution in [-0.4, -0.2) is 59.1 Å². The van der Waals surface area contributed by atoms with Crippen molar-refractivity contribution in [2.24, 2.45) is 0 Å². The lowest BCUT2D eigenvalue weighted by Crippen LogP contribution is -2.31. The van der Waals surface area contributed by atoms with E-state index in [1.165, 1.54) is 6.92 Å². The molecule has 0 saturated heterocycles. The Hall–Kier alpha value is -4.55. The van der Waals surface area contributed by atoms with Crippen LogP contribution in [0, 0.1) is 34.6 Å². The van der Waals surface area contributed by atoms with Gasteiger partial charge in [-0.1, -0.05) is 41.6 Å². The van der Waals surface area contributed by atoms with Crippen LogP contribution in [0.15, 0.2) is 57.9 Å². The zero-order valence-corrected chi connectivity index (χ0v) is 27.5. The van der Waals surface area contributed by atoms with Crippen molar-refractivity contribution in [3.05, 3.63) is 88.0 Å². The van der Waals surface area contributed by atoms with Gasteiger partial charge < -0.3 is 19.3 Å². The Balaban J connectivity index is 1.56. The number of hydrogen-bond acceptors (Lipinski definition) is 8. The maximum Gasteiger partial charge on any atom is 0.264 e. The van der Waals surface area contributed by atoms with Crippen molar-refractivity contribution in [1.82, 2.24) is 29.9 Å². The molecule has 2 aromatic carbocycles. The van der Waals surface area contributed by atoms with Crippen molar-refractivity contribution in [2.75, 3.05) is 24.9 Å². The number of carbonyl (C=O) groups is 1. The average Bonchev–Trinajstić information content (AvgIpc) is 3.46. The van der Waals surface area contributed by atoms with Gasteiger partial charge in [-0.25, -0.2) is 23.1 Å². The molecule has 0 atom stereocenters. The Morgan fingerprint density at radius 2 is 1.76 bits per heavy atom. The summed E-state index contributed by atoms with van der Waals surface area (Å²) in [4.78, 5) is 23.2. The second kappa shape index (κ2) is 12.8. The molecule has 0 aliphatic carbocycles. The molecular weight excluding hydrogens is 590 g/mol. The van der Waals surface area contributed by atoms with Crippen LogP contribution in [-0.2, 0) is 27.9 Å². The Kier molecular flexibility index (Phi) is 9.08. The fourth-order valence-electron chi connectivity index (χ4n) is 5.43. The highest BCUT2D eigenvalue weighted by molar-refractivity contribution is 7.92. The summed E-state index contributed by atoms with van der Waals surface area (Å²) >= 11 is 0. The molecular formula is C33H39N7O4S. The monoisotopic (exact) mass is 629 g/mol. The number of carbonyl (C=O) groups excluding carboxylic acids is 1. The maximum absolute atomic E-state index is 13.7. The number of anilines is 1. The second-order valence-electron chi connectivity index (χ2n) is 11.5. The topological polar surface area (TPSA) is 135 Å². The van der Waals surface area contributed by atoms with Gasteiger partial charge >= 0.3 is 0 Å². The molecule has 12 heteroatoms. The number of sulfonamides is 1. The van der Waals surface area contributed by atoms with Crippen LogP contribution >= 0.6 is 0 Å². The molecule has 45 heavy (non-hydrogen) atoms. The van der Waals surface area contributed by atoms with E-state index in [9.17, 15) is 13.2 Å². The first kappa shape index (κ1) is 31.9. The summed E-state index contributed by atoms with van der Waals surface area (Å²) < 4.78 is 37.4. The van der Waals surface area contributed by atoms with Crippen molar-refractivity contribution in [3.8, 4) is 11.1 Å². The summed E-state index contributed by atoms with van der Waals surface area (Å²) in [5.74, 6) is 0.874. The van der Waals surface area contributed by atoms with E-state index in [0.29, 0.717) is 43.0 Å². The van der Waals surface area contributed by atoms with E-state index < -0.39 is 10.0 Å². The molecule has 5 aromatic rings. The van der Waals surface area contributed by atoms with E-state index in [0.717, 1.165) is 44.9 Å². The number of nitrogens with one attached hydrogen (secondary N) is 2. The normalized spacial score (nSPS) is 11.8. The van der Waals surface area contributed by atoms with Crippen molar-refractivity contribution >= 4 is 33.0 Å². The van der Waals surface area contributed by atoms with E-state index in [2.05, 4.69) is 30.7 Å². The minimum absolute atomic E-state index is 0.0862. The largest absolute Gasteiger partial charge is 0.355 e. The molecule has 0 spiro atoms. The zero-order chi connectivity index (χ0) is 32.5. The van der Waals surface area contributed by atoms with Crippen molar-refractivity contribution in [2.45, 2.75) is 59.5 Å². The first-order valence-electron chi connectivity index (χ1n) is 14.7. The maximum atomic E-state index is 13.7. The molecule has 1 amide bonds. The number of benzene rings is 2. The number of fused-ring (bicyclic) bond motifs is 1. The van der Waals surface area contributed by atoms with Crippen LogP contribution in [0.4, 0.5) is 5.88 Å². The molecule has 0 saturated carbocycles. The molecule has 2 N–H and O–H groups in total. The number of aryl methyl sites for hydroxylation is 4. The van der Waals surface area contributed by atoms with Crippen LogP contribution in [0.1, 0.15) is 46.4 Å². The fraction of sp³-hybridized carbons (Fsp3) is 0.333. The highest BCUT2D eigenvalue weighted by atomic mass is 32.2. The summed E-state index contributed by atoms with van der Waals surface area (Å²) in [6.45, 7) is 13.2. The van der Waals surface area contributed by atoms with Gasteiger partial charge in [0.15, 0.2) is 5.65 Å². The molecule has 3 heterocycles. The molecule has 0 unspecified atom stereocenters. The van der Waals surface area contributed by atoms with Gasteiger partial charge in [0, 0.05) is 43.4 Å². The molecule has 0 fully saturated rings. The number of nitrogens with zero attached hydrogens (tertiary/aromatic N) is 5. The highest BCUT2D eigenvalue weighted by Gasteiger charge is 2.24. The van der Waals surface area contributed by atoms with Crippen LogP contribution < -0.4 is 10.0 Å². The smallest absolute Gasteiger partial charge is 0.264 e. The number of likely N-dealkylation sites (N-methyl/N-ethyl adjacent to an activating group) is 1. The van der Waals surface area contributed by atoms with Gasteiger partial charge in [0.2, 0.25) is 11.8 Å². The minimum Gasteiger partial charge on any atom is -0.355 e. The summed E-state index contributed by atoms with van der Waals surface area (Å²) in [5, 5.41) is 6.73. The molecule has 236 valence electrons. The standard InChI is InChI=1S/C33H39N7O4S/c1-20-16-21(2)35-32-31(20)36-24(5)40(32)18-26-12-13-28(27(17-26)19-39(7)15-14-34-25(6)41)29-10-8-9-11-30(29)45(42,43)38-33-22(3)23(4)37-44-33/h8-13,16-17,38H,14-15,18-19H2,1-7H3,(H,34,41). The first-order chi connectivity index (χ1) is 21.3. The van der Waals surface area contributed by atoms with Gasteiger partial charge in [-0.2, -0.15) is 0 Å². The number of pyridine rings is 1. The third kappa shape index (κ3) is 6.91. The molecule has 3 aromatic heterocycles. The summed E-state index contributed by atoms with van der Waals surface area (Å²) in [7, 11) is -2.05. The predicted octanol–water partition coefficient (Wildman–Crippen LogP) is 5.05. The second-order valence-corrected chi connectivity index (χ2v) is 13.2. The number of imidazole rings is 1. The third-order valence-corrected chi connectivity index (χ3v) is 9.27. The summed E-state index contributed by atoms with van der Waals surface area (Å²) in [6.07, 6.45) is 0. The molecule has 0 bridgehead atoms. The molecule has 0 aliphatic heterocycles. The zero-order valence-electron chi connectivity index (χ0n) is 26.7. The van der Waals surface area contributed by atoms with E-state index in [1.807, 2.05) is 58.2 Å². The number of amides is 1. The first-order valence-corrected chi connectivity index (χ1v) is 16.2. The van der Waals surface area contributed by atoms with E-state index in [1.54, 1.807) is 26.0 Å². The Morgan fingerprint density at radius 3 is 2.47 bits per heavy atom. The lowest BCUT2D eigenvalue weighted by atomic mass is 9.96. The van der Waals surface area contributed by atoms with Gasteiger partial charge in [0.05, 0.1) is 17.1 Å². The Bertz CT molecular complexity index is 2000. The van der Waals surface area contributed by atoms with Crippen LogP contribution in [0.3, 0.4) is 0 Å². The average molecular weight is 630 g/mol. The van der Waals surface area contributed by atoms with Crippen LogP contribution in [0.25, 0.3) is 22.3 Å². The van der Waals surface area contributed by atoms with E-state index >= 15 is 0 Å². The summed E-state index contributed by atoms with van der Waals surface area (Å²) in [6, 6.07) is 15.1. The van der Waals surface area contributed by atoms with Gasteiger partial charge in [0.25, 0.3) is 10.0 Å². The lowest BCUT2D eigenvalue weighted by molar-refractivity contribution is -0.119. The molecule has 0 radical (unpaired) electrons. The molecule has 5 rings (SSSR count). The van der Waals surface area contributed by atoms with Crippen molar-refractivity contribution in [1.29, 1.82) is 0 Å². The lowest BCUT2D eigenvalue weighted by Gasteiger charge is -2.21. The fourth-order valence-corrected chi connectivity index (χ4v) is 6.70. The highest BCUT2D eigenvalue weighted by Crippen LogP contribution is 2.33. The van der Waals surface area contributed by atoms with Crippen LogP contribution in [0.5, 0.6) is 0 Å². The minimum atomic E-state index is -4.02. The third-order valence-electron chi connectivity index (χ3n) is 7.88. The Morgan fingerprint density at radius 1 is 1.00 bits per heavy atom. The van der Waals surface area contributed by atoms with Gasteiger partial charge in [-0.05, 0) is 76.1 Å². The quantitative estimate of drug-likeness (QED) is 0.207. The summed E-state index contributed by atoms with van der Waals surface area (Å²) in [5.41, 5.74) is 8.29. The van der Waals surface area contributed by atoms with Crippen LogP contribution in [0.2, 0.25) is 0 Å². The Labute approximate surface area is 263 Å². The number of aromatic nitrogens is 4. The van der Waals surface area contributed by atoms with Gasteiger partial charge in [-0.15, -0.1) is 0 Å². The van der Waals surface area contributed by atoms with Gasteiger partial charge in [-0.3, -0.25) is 4.79 Å². The van der Waals surface area contributed by atoms with Crippen molar-refractivity contribution < 1.29 is 17.7 Å². The molecule has 0 aliphatic rings.